The van der Waals surface area contributed by atoms with Crippen molar-refractivity contribution in [3.05, 3.63) is 59.2 Å². The van der Waals surface area contributed by atoms with E-state index in [2.05, 4.69) is 29.5 Å². The highest BCUT2D eigenvalue weighted by Crippen LogP contribution is 2.32. The summed E-state index contributed by atoms with van der Waals surface area (Å²) < 4.78 is 28.1. The van der Waals surface area contributed by atoms with E-state index in [-0.39, 0.29) is 4.90 Å². The SMILES string of the molecule is CCC[C@@H](C)N1Cc2cccc(NS(=O)(=O)c3ccc(C#N)cc3)c2C1. The van der Waals surface area contributed by atoms with Crippen LogP contribution in [0, 0.1) is 11.3 Å². The molecule has 0 amide bonds. The van der Waals surface area contributed by atoms with Crippen LogP contribution in [-0.4, -0.2) is 19.4 Å². The van der Waals surface area contributed by atoms with Gasteiger partial charge in [0.2, 0.25) is 0 Å². The second-order valence-electron chi connectivity index (χ2n) is 6.73. The highest BCUT2D eigenvalue weighted by Gasteiger charge is 2.26. The van der Waals surface area contributed by atoms with Crippen LogP contribution in [0.25, 0.3) is 0 Å². The molecule has 0 bridgehead atoms. The van der Waals surface area contributed by atoms with E-state index in [1.54, 1.807) is 0 Å². The van der Waals surface area contributed by atoms with E-state index in [0.717, 1.165) is 31.5 Å². The normalized spacial score (nSPS) is 15.3. The molecule has 1 heterocycles. The fraction of sp³-hybridized carbons (Fsp3) is 0.350. The van der Waals surface area contributed by atoms with Crippen LogP contribution in [0.1, 0.15) is 43.4 Å². The van der Waals surface area contributed by atoms with E-state index in [1.807, 2.05) is 18.2 Å². The van der Waals surface area contributed by atoms with Gasteiger partial charge in [0.25, 0.3) is 10.0 Å². The van der Waals surface area contributed by atoms with Gasteiger partial charge in [-0.2, -0.15) is 5.26 Å². The maximum atomic E-state index is 12.7. The quantitative estimate of drug-likeness (QED) is 0.839. The standard InChI is InChI=1S/C20H23N3O2S/c1-3-5-15(2)23-13-17-6-4-7-20(19(17)14-23)22-26(24,25)18-10-8-16(12-21)9-11-18/h4,6-11,15,22H,3,5,13-14H2,1-2H3/t15-/m1/s1. The van der Waals surface area contributed by atoms with E-state index >= 15 is 0 Å². The summed E-state index contributed by atoms with van der Waals surface area (Å²) in [6.45, 7) is 6.00. The summed E-state index contributed by atoms with van der Waals surface area (Å²) in [5, 5.41) is 8.86. The lowest BCUT2D eigenvalue weighted by atomic mass is 10.1. The van der Waals surface area contributed by atoms with Crippen LogP contribution in [0.15, 0.2) is 47.4 Å². The number of hydrogen-bond donors (Lipinski definition) is 1. The predicted octanol–water partition coefficient (Wildman–Crippen LogP) is 3.86. The molecule has 5 nitrogen and oxygen atoms in total. The van der Waals surface area contributed by atoms with E-state index in [1.165, 1.54) is 29.8 Å². The summed E-state index contributed by atoms with van der Waals surface area (Å²) in [6, 6.07) is 14.2. The molecule has 0 aromatic heterocycles. The topological polar surface area (TPSA) is 73.2 Å². The highest BCUT2D eigenvalue weighted by molar-refractivity contribution is 7.92. The molecule has 26 heavy (non-hydrogen) atoms. The largest absolute Gasteiger partial charge is 0.292 e. The molecule has 0 unspecified atom stereocenters. The Hall–Kier alpha value is -2.36. The van der Waals surface area contributed by atoms with Gasteiger partial charge >= 0.3 is 0 Å². The number of nitrogens with one attached hydrogen (secondary N) is 1. The fourth-order valence-corrected chi connectivity index (χ4v) is 4.46. The Morgan fingerprint density at radius 2 is 1.92 bits per heavy atom. The Kier molecular flexibility index (Phi) is 5.30. The van der Waals surface area contributed by atoms with Gasteiger partial charge in [0.05, 0.1) is 22.2 Å². The lowest BCUT2D eigenvalue weighted by Crippen LogP contribution is -2.27. The molecule has 136 valence electrons. The van der Waals surface area contributed by atoms with Gasteiger partial charge in [-0.3, -0.25) is 9.62 Å². The highest BCUT2D eigenvalue weighted by atomic mass is 32.2. The molecule has 0 spiro atoms. The minimum absolute atomic E-state index is 0.156. The summed E-state index contributed by atoms with van der Waals surface area (Å²) in [7, 11) is -3.69. The van der Waals surface area contributed by atoms with Crippen molar-refractivity contribution in [1.82, 2.24) is 4.90 Å². The Morgan fingerprint density at radius 3 is 2.58 bits per heavy atom. The van der Waals surface area contributed by atoms with Crippen LogP contribution < -0.4 is 4.72 Å². The first-order chi connectivity index (χ1) is 12.4. The zero-order valence-electron chi connectivity index (χ0n) is 15.1. The Bertz CT molecular complexity index is 931. The second kappa shape index (κ2) is 7.48. The molecule has 0 fully saturated rings. The Balaban J connectivity index is 1.84. The van der Waals surface area contributed by atoms with E-state index in [4.69, 9.17) is 5.26 Å². The van der Waals surface area contributed by atoms with Crippen LogP contribution in [0.2, 0.25) is 0 Å². The molecule has 0 aliphatic carbocycles. The number of anilines is 1. The Morgan fingerprint density at radius 1 is 1.19 bits per heavy atom. The van der Waals surface area contributed by atoms with Crippen LogP contribution in [0.3, 0.4) is 0 Å². The molecule has 0 radical (unpaired) electrons. The minimum atomic E-state index is -3.69. The van der Waals surface area contributed by atoms with Gasteiger partial charge in [0.15, 0.2) is 0 Å². The zero-order chi connectivity index (χ0) is 18.7. The fourth-order valence-electron chi connectivity index (χ4n) is 3.37. The van der Waals surface area contributed by atoms with Crippen molar-refractivity contribution < 1.29 is 8.42 Å². The lowest BCUT2D eigenvalue weighted by Gasteiger charge is -2.23. The number of hydrogen-bond acceptors (Lipinski definition) is 4. The molecule has 1 atom stereocenters. The van der Waals surface area contributed by atoms with Crippen LogP contribution in [0.4, 0.5) is 5.69 Å². The third kappa shape index (κ3) is 3.74. The summed E-state index contributed by atoms with van der Waals surface area (Å²) in [6.07, 6.45) is 2.26. The third-order valence-corrected chi connectivity index (χ3v) is 6.26. The molecule has 1 aliphatic heterocycles. The smallest absolute Gasteiger partial charge is 0.261 e. The molecule has 3 rings (SSSR count). The van der Waals surface area contributed by atoms with Crippen molar-refractivity contribution in [2.75, 3.05) is 4.72 Å². The monoisotopic (exact) mass is 369 g/mol. The summed E-state index contributed by atoms with van der Waals surface area (Å²) in [5.41, 5.74) is 3.30. The number of sulfonamides is 1. The van der Waals surface area contributed by atoms with Crippen molar-refractivity contribution in [3.63, 3.8) is 0 Å². The first kappa shape index (κ1) is 18.4. The van der Waals surface area contributed by atoms with Crippen LogP contribution >= 0.6 is 0 Å². The molecule has 0 saturated heterocycles. The van der Waals surface area contributed by atoms with Crippen molar-refractivity contribution in [2.24, 2.45) is 0 Å². The molecule has 1 aliphatic rings. The number of benzene rings is 2. The maximum absolute atomic E-state index is 12.7. The first-order valence-electron chi connectivity index (χ1n) is 8.82. The van der Waals surface area contributed by atoms with Gasteiger partial charge in [0.1, 0.15) is 0 Å². The van der Waals surface area contributed by atoms with Crippen LogP contribution in [-0.2, 0) is 23.1 Å². The van der Waals surface area contributed by atoms with Gasteiger partial charge in [-0.15, -0.1) is 0 Å². The molecule has 6 heteroatoms. The van der Waals surface area contributed by atoms with Gasteiger partial charge in [-0.25, -0.2) is 8.42 Å². The van der Waals surface area contributed by atoms with Crippen molar-refractivity contribution >= 4 is 15.7 Å². The van der Waals surface area contributed by atoms with E-state index in [9.17, 15) is 8.42 Å². The average Bonchev–Trinajstić information content (AvgIpc) is 3.07. The number of fused-ring (bicyclic) bond motifs is 1. The van der Waals surface area contributed by atoms with Crippen molar-refractivity contribution in [1.29, 1.82) is 5.26 Å². The molecule has 2 aromatic rings. The predicted molar refractivity (Wildman–Crippen MR) is 102 cm³/mol. The number of nitriles is 1. The molecule has 1 N–H and O–H groups in total. The number of nitrogens with zero attached hydrogens (tertiary/aromatic N) is 2. The zero-order valence-corrected chi connectivity index (χ0v) is 15.9. The molecular formula is C20H23N3O2S. The van der Waals surface area contributed by atoms with E-state index in [0.29, 0.717) is 17.3 Å². The van der Waals surface area contributed by atoms with Crippen LogP contribution in [0.5, 0.6) is 0 Å². The minimum Gasteiger partial charge on any atom is -0.292 e. The Labute approximate surface area is 155 Å². The van der Waals surface area contributed by atoms with Crippen molar-refractivity contribution in [2.45, 2.75) is 50.7 Å². The van der Waals surface area contributed by atoms with Gasteiger partial charge in [-0.1, -0.05) is 25.5 Å². The molecule has 2 aromatic carbocycles. The molecule has 0 saturated carbocycles. The third-order valence-electron chi connectivity index (χ3n) is 4.88. The average molecular weight is 369 g/mol. The summed E-state index contributed by atoms with van der Waals surface area (Å²) in [4.78, 5) is 2.54. The lowest BCUT2D eigenvalue weighted by molar-refractivity contribution is 0.202. The first-order valence-corrected chi connectivity index (χ1v) is 10.3. The van der Waals surface area contributed by atoms with E-state index < -0.39 is 10.0 Å². The number of rotatable bonds is 6. The maximum Gasteiger partial charge on any atom is 0.261 e. The molecular weight excluding hydrogens is 346 g/mol. The van der Waals surface area contributed by atoms with Crippen molar-refractivity contribution in [3.8, 4) is 6.07 Å². The summed E-state index contributed by atoms with van der Waals surface area (Å²) in [5.74, 6) is 0. The summed E-state index contributed by atoms with van der Waals surface area (Å²) >= 11 is 0. The van der Waals surface area contributed by atoms with Gasteiger partial charge in [-0.05, 0) is 54.8 Å². The van der Waals surface area contributed by atoms with Gasteiger partial charge in [0, 0.05) is 19.1 Å². The second-order valence-corrected chi connectivity index (χ2v) is 8.41. The van der Waals surface area contributed by atoms with Gasteiger partial charge < -0.3 is 0 Å².